The Labute approximate surface area is 78.1 Å². The molecule has 0 spiro atoms. The van der Waals surface area contributed by atoms with E-state index in [1.165, 1.54) is 0 Å². The van der Waals surface area contributed by atoms with Gasteiger partial charge in [-0.2, -0.15) is 0 Å². The lowest BCUT2D eigenvalue weighted by molar-refractivity contribution is 0.189. The van der Waals surface area contributed by atoms with Crippen molar-refractivity contribution in [1.82, 2.24) is 10.3 Å². The maximum Gasteiger partial charge on any atom is 0.0620 e. The number of pyridine rings is 1. The summed E-state index contributed by atoms with van der Waals surface area (Å²) in [5, 5.41) is 3.41. The Kier molecular flexibility index (Phi) is 2.90. The highest BCUT2D eigenvalue weighted by molar-refractivity contribution is 5.03. The van der Waals surface area contributed by atoms with Gasteiger partial charge in [0, 0.05) is 25.4 Å². The molecule has 1 atom stereocenters. The Balaban J connectivity index is 1.79. The van der Waals surface area contributed by atoms with Crippen molar-refractivity contribution in [1.29, 1.82) is 0 Å². The Morgan fingerprint density at radius 1 is 1.54 bits per heavy atom. The highest BCUT2D eigenvalue weighted by Crippen LogP contribution is 2.04. The summed E-state index contributed by atoms with van der Waals surface area (Å²) in [6.07, 6.45) is 2.94. The van der Waals surface area contributed by atoms with Crippen LogP contribution >= 0.6 is 0 Å². The molecule has 70 valence electrons. The average Bonchev–Trinajstić information content (AvgIpc) is 2.69. The molecule has 0 aliphatic carbocycles. The fraction of sp³-hybridized carbons (Fsp3) is 0.500. The van der Waals surface area contributed by atoms with Crippen molar-refractivity contribution >= 4 is 0 Å². The number of ether oxygens (including phenoxy) is 1. The van der Waals surface area contributed by atoms with Gasteiger partial charge in [-0.1, -0.05) is 6.07 Å². The van der Waals surface area contributed by atoms with Gasteiger partial charge >= 0.3 is 0 Å². The minimum Gasteiger partial charge on any atom is -0.380 e. The molecule has 1 aromatic rings. The van der Waals surface area contributed by atoms with Gasteiger partial charge in [0.25, 0.3) is 0 Å². The number of aromatic nitrogens is 1. The molecule has 13 heavy (non-hydrogen) atoms. The van der Waals surface area contributed by atoms with Crippen LogP contribution in [0.25, 0.3) is 0 Å². The van der Waals surface area contributed by atoms with Crippen molar-refractivity contribution in [2.45, 2.75) is 19.0 Å². The van der Waals surface area contributed by atoms with Crippen molar-refractivity contribution in [3.8, 4) is 0 Å². The van der Waals surface area contributed by atoms with Crippen LogP contribution < -0.4 is 5.32 Å². The number of rotatable bonds is 3. The van der Waals surface area contributed by atoms with Crippen molar-refractivity contribution in [3.63, 3.8) is 0 Å². The van der Waals surface area contributed by atoms with Crippen molar-refractivity contribution in [2.24, 2.45) is 0 Å². The average molecular weight is 178 g/mol. The first-order valence-electron chi connectivity index (χ1n) is 4.66. The van der Waals surface area contributed by atoms with Crippen LogP contribution in [0.2, 0.25) is 0 Å². The Morgan fingerprint density at radius 3 is 3.23 bits per heavy atom. The molecule has 0 radical (unpaired) electrons. The van der Waals surface area contributed by atoms with E-state index in [-0.39, 0.29) is 0 Å². The lowest BCUT2D eigenvalue weighted by Gasteiger charge is -2.09. The molecule has 1 unspecified atom stereocenters. The van der Waals surface area contributed by atoms with E-state index in [9.17, 15) is 0 Å². The highest BCUT2D eigenvalue weighted by atomic mass is 16.5. The molecule has 0 aromatic carbocycles. The first-order chi connectivity index (χ1) is 6.45. The summed E-state index contributed by atoms with van der Waals surface area (Å²) in [4.78, 5) is 4.24. The summed E-state index contributed by atoms with van der Waals surface area (Å²) in [5.41, 5.74) is 1.09. The van der Waals surface area contributed by atoms with Crippen molar-refractivity contribution in [2.75, 3.05) is 13.2 Å². The number of hydrogen-bond donors (Lipinski definition) is 1. The van der Waals surface area contributed by atoms with Crippen LogP contribution in [0.3, 0.4) is 0 Å². The van der Waals surface area contributed by atoms with Crippen LogP contribution in [-0.4, -0.2) is 24.2 Å². The Hall–Kier alpha value is -0.930. The van der Waals surface area contributed by atoms with Crippen LogP contribution in [-0.2, 0) is 11.3 Å². The van der Waals surface area contributed by atoms with Crippen molar-refractivity contribution < 1.29 is 4.74 Å². The molecule has 1 N–H and O–H groups in total. The molecule has 0 amide bonds. The van der Waals surface area contributed by atoms with Crippen molar-refractivity contribution in [3.05, 3.63) is 30.1 Å². The Bertz CT molecular complexity index is 244. The van der Waals surface area contributed by atoms with Gasteiger partial charge in [0.05, 0.1) is 12.3 Å². The Morgan fingerprint density at radius 2 is 2.54 bits per heavy atom. The maximum absolute atomic E-state index is 5.26. The summed E-state index contributed by atoms with van der Waals surface area (Å²) in [5.74, 6) is 0. The van der Waals surface area contributed by atoms with E-state index in [2.05, 4.69) is 10.3 Å². The number of nitrogens with one attached hydrogen (secondary N) is 1. The third-order valence-corrected chi connectivity index (χ3v) is 2.23. The van der Waals surface area contributed by atoms with E-state index in [0.29, 0.717) is 6.04 Å². The predicted molar refractivity (Wildman–Crippen MR) is 50.3 cm³/mol. The molecule has 1 saturated heterocycles. The van der Waals surface area contributed by atoms with Crippen LogP contribution in [0.5, 0.6) is 0 Å². The standard InChI is InChI=1S/C10H14N2O/c1-2-5-11-9(3-1)7-12-10-4-6-13-8-10/h1-3,5,10,12H,4,6-8H2. The molecule has 0 saturated carbocycles. The molecule has 2 heterocycles. The molecule has 2 rings (SSSR count). The first-order valence-corrected chi connectivity index (χ1v) is 4.66. The number of nitrogens with zero attached hydrogens (tertiary/aromatic N) is 1. The fourth-order valence-electron chi connectivity index (χ4n) is 1.45. The summed E-state index contributed by atoms with van der Waals surface area (Å²) >= 11 is 0. The monoisotopic (exact) mass is 178 g/mol. The molecule has 1 fully saturated rings. The lowest BCUT2D eigenvalue weighted by atomic mass is 10.2. The highest BCUT2D eigenvalue weighted by Gasteiger charge is 2.14. The van der Waals surface area contributed by atoms with Crippen LogP contribution in [0.1, 0.15) is 12.1 Å². The van der Waals surface area contributed by atoms with Gasteiger partial charge in [-0.15, -0.1) is 0 Å². The molecule has 1 aromatic heterocycles. The zero-order valence-electron chi connectivity index (χ0n) is 7.57. The summed E-state index contributed by atoms with van der Waals surface area (Å²) in [6, 6.07) is 6.49. The molecule has 1 aliphatic rings. The third-order valence-electron chi connectivity index (χ3n) is 2.23. The third kappa shape index (κ3) is 2.50. The predicted octanol–water partition coefficient (Wildman–Crippen LogP) is 0.960. The summed E-state index contributed by atoms with van der Waals surface area (Å²) in [6.45, 7) is 2.57. The van der Waals surface area contributed by atoms with Gasteiger partial charge in [0.15, 0.2) is 0 Å². The maximum atomic E-state index is 5.26. The quantitative estimate of drug-likeness (QED) is 0.748. The normalized spacial score (nSPS) is 22.0. The van der Waals surface area contributed by atoms with Crippen LogP contribution in [0.15, 0.2) is 24.4 Å². The zero-order chi connectivity index (χ0) is 8.93. The molecule has 3 heteroatoms. The summed E-state index contributed by atoms with van der Waals surface area (Å²) < 4.78 is 5.26. The van der Waals surface area contributed by atoms with E-state index < -0.39 is 0 Å². The van der Waals surface area contributed by atoms with E-state index in [1.807, 2.05) is 24.4 Å². The van der Waals surface area contributed by atoms with E-state index in [4.69, 9.17) is 4.74 Å². The second-order valence-electron chi connectivity index (χ2n) is 3.26. The SMILES string of the molecule is c1ccc(CNC2CCOC2)nc1. The first kappa shape index (κ1) is 8.66. The summed E-state index contributed by atoms with van der Waals surface area (Å²) in [7, 11) is 0. The molecular weight excluding hydrogens is 164 g/mol. The fourth-order valence-corrected chi connectivity index (χ4v) is 1.45. The minimum atomic E-state index is 0.516. The second-order valence-corrected chi connectivity index (χ2v) is 3.26. The van der Waals surface area contributed by atoms with Crippen LogP contribution in [0.4, 0.5) is 0 Å². The van der Waals surface area contributed by atoms with Gasteiger partial charge in [-0.3, -0.25) is 4.98 Å². The molecule has 3 nitrogen and oxygen atoms in total. The topological polar surface area (TPSA) is 34.1 Å². The second kappa shape index (κ2) is 4.35. The van der Waals surface area contributed by atoms with E-state index >= 15 is 0 Å². The van der Waals surface area contributed by atoms with Gasteiger partial charge < -0.3 is 10.1 Å². The molecular formula is C10H14N2O. The largest absolute Gasteiger partial charge is 0.380 e. The van der Waals surface area contributed by atoms with Gasteiger partial charge in [0.2, 0.25) is 0 Å². The minimum absolute atomic E-state index is 0.516. The van der Waals surface area contributed by atoms with Gasteiger partial charge in [0.1, 0.15) is 0 Å². The van der Waals surface area contributed by atoms with Gasteiger partial charge in [-0.25, -0.2) is 0 Å². The lowest BCUT2D eigenvalue weighted by Crippen LogP contribution is -2.28. The van der Waals surface area contributed by atoms with E-state index in [0.717, 1.165) is 31.9 Å². The number of hydrogen-bond acceptors (Lipinski definition) is 3. The van der Waals surface area contributed by atoms with E-state index in [1.54, 1.807) is 0 Å². The smallest absolute Gasteiger partial charge is 0.0620 e. The van der Waals surface area contributed by atoms with Crippen LogP contribution in [0, 0.1) is 0 Å². The van der Waals surface area contributed by atoms with Gasteiger partial charge in [-0.05, 0) is 18.6 Å². The zero-order valence-corrected chi connectivity index (χ0v) is 7.57. The molecule has 1 aliphatic heterocycles. The molecule has 0 bridgehead atoms.